The second-order valence-electron chi connectivity index (χ2n) is 5.67. The number of likely N-dealkylation sites (N-methyl/N-ethyl adjacent to an activating group) is 1. The molecule has 0 fully saturated rings. The van der Waals surface area contributed by atoms with Crippen molar-refractivity contribution in [1.82, 2.24) is 4.90 Å². The van der Waals surface area contributed by atoms with Crippen LogP contribution in [-0.4, -0.2) is 41.8 Å². The molecule has 0 saturated carbocycles. The van der Waals surface area contributed by atoms with Crippen LogP contribution >= 0.6 is 0 Å². The summed E-state index contributed by atoms with van der Waals surface area (Å²) in [6.07, 6.45) is 0.662. The van der Waals surface area contributed by atoms with Crippen LogP contribution in [0.15, 0.2) is 0 Å². The first-order valence-corrected chi connectivity index (χ1v) is 5.84. The van der Waals surface area contributed by atoms with E-state index in [1.165, 1.54) is 0 Å². The third kappa shape index (κ3) is 4.96. The first-order chi connectivity index (χ1) is 6.70. The van der Waals surface area contributed by atoms with Crippen molar-refractivity contribution < 1.29 is 5.11 Å². The molecule has 0 aliphatic rings. The Hall–Kier alpha value is -0.120. The smallest absolute Gasteiger partial charge is 0.0639 e. The van der Waals surface area contributed by atoms with Crippen molar-refractivity contribution in [3.05, 3.63) is 0 Å². The molecule has 3 N–H and O–H groups in total. The first kappa shape index (κ1) is 14.9. The average molecular weight is 216 g/mol. The minimum atomic E-state index is -0.302. The van der Waals surface area contributed by atoms with E-state index in [9.17, 15) is 5.11 Å². The number of nitrogens with two attached hydrogens (primary N) is 1. The molecule has 0 radical (unpaired) electrons. The van der Waals surface area contributed by atoms with Crippen molar-refractivity contribution in [3.63, 3.8) is 0 Å². The normalized spacial score (nSPS) is 19.0. The van der Waals surface area contributed by atoms with Gasteiger partial charge >= 0.3 is 0 Å². The van der Waals surface area contributed by atoms with E-state index in [4.69, 9.17) is 5.73 Å². The Labute approximate surface area is 94.6 Å². The van der Waals surface area contributed by atoms with Crippen molar-refractivity contribution in [3.8, 4) is 0 Å². The lowest BCUT2D eigenvalue weighted by atomic mass is 9.80. The zero-order valence-electron chi connectivity index (χ0n) is 11.1. The van der Waals surface area contributed by atoms with Crippen molar-refractivity contribution in [1.29, 1.82) is 0 Å². The van der Waals surface area contributed by atoms with Crippen LogP contribution < -0.4 is 5.73 Å². The van der Waals surface area contributed by atoms with Crippen LogP contribution in [0.3, 0.4) is 0 Å². The van der Waals surface area contributed by atoms with E-state index in [1.54, 1.807) is 0 Å². The monoisotopic (exact) mass is 216 g/mol. The van der Waals surface area contributed by atoms with Crippen LogP contribution in [0.5, 0.6) is 0 Å². The molecular formula is C12H28N2O. The van der Waals surface area contributed by atoms with Gasteiger partial charge in [0.25, 0.3) is 0 Å². The molecular weight excluding hydrogens is 188 g/mol. The lowest BCUT2D eigenvalue weighted by Crippen LogP contribution is -2.54. The minimum Gasteiger partial charge on any atom is -0.392 e. The first-order valence-electron chi connectivity index (χ1n) is 5.84. The Kier molecular flexibility index (Phi) is 5.78. The van der Waals surface area contributed by atoms with Gasteiger partial charge in [-0.1, -0.05) is 27.7 Å². The molecule has 0 saturated heterocycles. The van der Waals surface area contributed by atoms with Crippen molar-refractivity contribution in [2.24, 2.45) is 11.1 Å². The fourth-order valence-electron chi connectivity index (χ4n) is 2.38. The molecule has 3 nitrogen and oxygen atoms in total. The van der Waals surface area contributed by atoms with Crippen LogP contribution in [0.4, 0.5) is 0 Å². The van der Waals surface area contributed by atoms with Gasteiger partial charge in [0.15, 0.2) is 0 Å². The topological polar surface area (TPSA) is 49.5 Å². The minimum absolute atomic E-state index is 0.138. The van der Waals surface area contributed by atoms with E-state index in [0.29, 0.717) is 12.6 Å². The summed E-state index contributed by atoms with van der Waals surface area (Å²) in [6, 6.07) is 0.464. The van der Waals surface area contributed by atoms with Crippen LogP contribution in [0.25, 0.3) is 0 Å². The van der Waals surface area contributed by atoms with Gasteiger partial charge in [0.2, 0.25) is 0 Å². The van der Waals surface area contributed by atoms with Gasteiger partial charge in [-0.05, 0) is 25.8 Å². The molecule has 0 spiro atoms. The van der Waals surface area contributed by atoms with Gasteiger partial charge in [-0.25, -0.2) is 0 Å². The maximum Gasteiger partial charge on any atom is 0.0639 e. The van der Waals surface area contributed by atoms with Gasteiger partial charge in [-0.3, -0.25) is 4.90 Å². The van der Waals surface area contributed by atoms with Crippen LogP contribution in [-0.2, 0) is 0 Å². The summed E-state index contributed by atoms with van der Waals surface area (Å²) in [5.74, 6) is 0. The number of hydrogen-bond acceptors (Lipinski definition) is 3. The molecule has 0 bridgehead atoms. The highest BCUT2D eigenvalue weighted by Crippen LogP contribution is 2.26. The molecule has 0 aliphatic carbocycles. The standard InChI is InChI=1S/C12H28N2O/c1-7-10(13)11(12(3,4)5)14(6)8-9(2)15/h9-11,15H,7-8,13H2,1-6H3. The molecule has 15 heavy (non-hydrogen) atoms. The maximum absolute atomic E-state index is 9.41. The summed E-state index contributed by atoms with van der Waals surface area (Å²) < 4.78 is 0. The fourth-order valence-corrected chi connectivity index (χ4v) is 2.38. The molecule has 0 aliphatic heterocycles. The van der Waals surface area contributed by atoms with E-state index >= 15 is 0 Å². The molecule has 0 amide bonds. The molecule has 0 heterocycles. The Morgan fingerprint density at radius 1 is 1.33 bits per heavy atom. The van der Waals surface area contributed by atoms with Gasteiger partial charge in [-0.2, -0.15) is 0 Å². The fraction of sp³-hybridized carbons (Fsp3) is 1.00. The van der Waals surface area contributed by atoms with Crippen molar-refractivity contribution >= 4 is 0 Å². The summed E-state index contributed by atoms with van der Waals surface area (Å²) in [5, 5.41) is 9.41. The van der Waals surface area contributed by atoms with Gasteiger partial charge in [0.05, 0.1) is 6.10 Å². The highest BCUT2D eigenvalue weighted by molar-refractivity contribution is 4.89. The summed E-state index contributed by atoms with van der Waals surface area (Å²) >= 11 is 0. The molecule has 3 unspecified atom stereocenters. The van der Waals surface area contributed by atoms with Crippen LogP contribution in [0.1, 0.15) is 41.0 Å². The second-order valence-corrected chi connectivity index (χ2v) is 5.67. The highest BCUT2D eigenvalue weighted by Gasteiger charge is 2.32. The summed E-state index contributed by atoms with van der Waals surface area (Å²) in [4.78, 5) is 2.18. The van der Waals surface area contributed by atoms with E-state index in [2.05, 4.69) is 32.6 Å². The predicted molar refractivity (Wildman–Crippen MR) is 65.8 cm³/mol. The molecule has 0 rings (SSSR count). The van der Waals surface area contributed by atoms with Gasteiger partial charge in [0.1, 0.15) is 0 Å². The van der Waals surface area contributed by atoms with Gasteiger partial charge < -0.3 is 10.8 Å². The van der Waals surface area contributed by atoms with Gasteiger partial charge in [0, 0.05) is 18.6 Å². The van der Waals surface area contributed by atoms with Crippen LogP contribution in [0, 0.1) is 5.41 Å². The SMILES string of the molecule is CCC(N)C(N(C)CC(C)O)C(C)(C)C. The van der Waals surface area contributed by atoms with E-state index < -0.39 is 0 Å². The largest absolute Gasteiger partial charge is 0.392 e. The van der Waals surface area contributed by atoms with Crippen molar-refractivity contribution in [2.45, 2.75) is 59.2 Å². The Morgan fingerprint density at radius 3 is 2.07 bits per heavy atom. The Bertz CT molecular complexity index is 175. The Morgan fingerprint density at radius 2 is 1.80 bits per heavy atom. The number of hydrogen-bond donors (Lipinski definition) is 2. The van der Waals surface area contributed by atoms with E-state index in [1.807, 2.05) is 14.0 Å². The molecule has 3 heteroatoms. The molecule has 92 valence electrons. The van der Waals surface area contributed by atoms with E-state index in [-0.39, 0.29) is 17.6 Å². The molecule has 0 aromatic rings. The number of aliphatic hydroxyl groups excluding tert-OH is 1. The Balaban J connectivity index is 4.63. The summed E-state index contributed by atoms with van der Waals surface area (Å²) in [6.45, 7) is 11.2. The average Bonchev–Trinajstić information content (AvgIpc) is 1.99. The lowest BCUT2D eigenvalue weighted by Gasteiger charge is -2.42. The number of nitrogens with zero attached hydrogens (tertiary/aromatic N) is 1. The summed E-state index contributed by atoms with van der Waals surface area (Å²) in [7, 11) is 2.04. The van der Waals surface area contributed by atoms with Crippen molar-refractivity contribution in [2.75, 3.05) is 13.6 Å². The van der Waals surface area contributed by atoms with Gasteiger partial charge in [-0.15, -0.1) is 0 Å². The second kappa shape index (κ2) is 5.83. The number of aliphatic hydroxyl groups is 1. The zero-order valence-corrected chi connectivity index (χ0v) is 11.1. The number of rotatable bonds is 5. The maximum atomic E-state index is 9.41. The zero-order chi connectivity index (χ0) is 12.2. The third-order valence-electron chi connectivity index (χ3n) is 2.79. The third-order valence-corrected chi connectivity index (χ3v) is 2.79. The quantitative estimate of drug-likeness (QED) is 0.731. The molecule has 3 atom stereocenters. The van der Waals surface area contributed by atoms with Crippen LogP contribution in [0.2, 0.25) is 0 Å². The van der Waals surface area contributed by atoms with E-state index in [0.717, 1.165) is 6.42 Å². The summed E-state index contributed by atoms with van der Waals surface area (Å²) in [5.41, 5.74) is 6.29. The predicted octanol–water partition coefficient (Wildman–Crippen LogP) is 1.45. The highest BCUT2D eigenvalue weighted by atomic mass is 16.3. The molecule has 0 aromatic heterocycles. The molecule has 0 aromatic carbocycles. The lowest BCUT2D eigenvalue weighted by molar-refractivity contribution is 0.0565.